The number of allylic oxidation sites excluding steroid dienone is 6. The van der Waals surface area contributed by atoms with E-state index in [1.54, 1.807) is 0 Å². The molecule has 0 saturated carbocycles. The van der Waals surface area contributed by atoms with E-state index < -0.39 is 0 Å². The molecule has 0 radical (unpaired) electrons. The molecule has 0 amide bonds. The normalized spacial score (nSPS) is 13.8. The van der Waals surface area contributed by atoms with E-state index >= 15 is 0 Å². The standard InChI is InChI=1S/C17H22/c1-5-7-9-12-15(6-2)17(3,4)16-13-10-8-11-14-16/h5-14H,1-4H3/b7-5-,12-9-,15-6+. The predicted molar refractivity (Wildman–Crippen MR) is 77.2 cm³/mol. The molecule has 90 valence electrons. The molecular weight excluding hydrogens is 204 g/mol. The van der Waals surface area contributed by atoms with Crippen LogP contribution in [0.15, 0.2) is 66.3 Å². The Balaban J connectivity index is 3.03. The molecule has 0 unspecified atom stereocenters. The van der Waals surface area contributed by atoms with E-state index in [0.717, 1.165) is 0 Å². The summed E-state index contributed by atoms with van der Waals surface area (Å²) in [6.45, 7) is 8.65. The van der Waals surface area contributed by atoms with Crippen molar-refractivity contribution < 1.29 is 0 Å². The van der Waals surface area contributed by atoms with Crippen molar-refractivity contribution in [1.29, 1.82) is 0 Å². The zero-order valence-electron chi connectivity index (χ0n) is 11.3. The van der Waals surface area contributed by atoms with Gasteiger partial charge in [0.05, 0.1) is 0 Å². The summed E-state index contributed by atoms with van der Waals surface area (Å²) in [6.07, 6.45) is 10.6. The Morgan fingerprint density at radius 3 is 2.18 bits per heavy atom. The first-order valence-corrected chi connectivity index (χ1v) is 6.14. The summed E-state index contributed by atoms with van der Waals surface area (Å²) in [5.74, 6) is 0. The minimum absolute atomic E-state index is 0.0497. The minimum Gasteiger partial charge on any atom is -0.0877 e. The Kier molecular flexibility index (Phi) is 4.96. The third kappa shape index (κ3) is 3.45. The molecule has 17 heavy (non-hydrogen) atoms. The summed E-state index contributed by atoms with van der Waals surface area (Å²) in [4.78, 5) is 0. The molecule has 0 aromatic heterocycles. The molecule has 0 N–H and O–H groups in total. The van der Waals surface area contributed by atoms with Crippen LogP contribution < -0.4 is 0 Å². The first-order valence-electron chi connectivity index (χ1n) is 6.14. The van der Waals surface area contributed by atoms with Crippen molar-refractivity contribution in [2.24, 2.45) is 0 Å². The van der Waals surface area contributed by atoms with Crippen molar-refractivity contribution in [2.75, 3.05) is 0 Å². The molecule has 1 aromatic rings. The molecule has 0 spiro atoms. The van der Waals surface area contributed by atoms with Gasteiger partial charge in [0.2, 0.25) is 0 Å². The van der Waals surface area contributed by atoms with Gasteiger partial charge < -0.3 is 0 Å². The van der Waals surface area contributed by atoms with Crippen LogP contribution in [0.3, 0.4) is 0 Å². The lowest BCUT2D eigenvalue weighted by molar-refractivity contribution is 0.638. The lowest BCUT2D eigenvalue weighted by Crippen LogP contribution is -2.19. The van der Waals surface area contributed by atoms with Crippen molar-refractivity contribution in [1.82, 2.24) is 0 Å². The average molecular weight is 226 g/mol. The van der Waals surface area contributed by atoms with E-state index in [0.29, 0.717) is 0 Å². The van der Waals surface area contributed by atoms with Gasteiger partial charge in [-0.2, -0.15) is 0 Å². The maximum atomic E-state index is 2.26. The molecule has 1 rings (SSSR count). The zero-order chi connectivity index (χ0) is 12.7. The zero-order valence-corrected chi connectivity index (χ0v) is 11.3. The van der Waals surface area contributed by atoms with Gasteiger partial charge in [0.1, 0.15) is 0 Å². The number of hydrogen-bond donors (Lipinski definition) is 0. The molecular formula is C17H22. The number of rotatable bonds is 4. The topological polar surface area (TPSA) is 0 Å². The van der Waals surface area contributed by atoms with Crippen LogP contribution in [-0.2, 0) is 5.41 Å². The van der Waals surface area contributed by atoms with Crippen molar-refractivity contribution in [3.63, 3.8) is 0 Å². The molecule has 0 heterocycles. The van der Waals surface area contributed by atoms with Gasteiger partial charge in [0.15, 0.2) is 0 Å². The molecule has 0 nitrogen and oxygen atoms in total. The Labute approximate surface area is 105 Å². The second-order valence-electron chi connectivity index (χ2n) is 4.62. The van der Waals surface area contributed by atoms with Crippen LogP contribution in [0.1, 0.15) is 33.3 Å². The van der Waals surface area contributed by atoms with Crippen molar-refractivity contribution in [3.05, 3.63) is 71.8 Å². The van der Waals surface area contributed by atoms with E-state index in [1.807, 2.05) is 13.0 Å². The smallest absolute Gasteiger partial charge is 0.0143 e. The van der Waals surface area contributed by atoms with Gasteiger partial charge in [-0.1, -0.05) is 74.6 Å². The highest BCUT2D eigenvalue weighted by Crippen LogP contribution is 2.31. The Bertz CT molecular complexity index is 417. The first-order chi connectivity index (χ1) is 8.12. The van der Waals surface area contributed by atoms with E-state index in [-0.39, 0.29) is 5.41 Å². The van der Waals surface area contributed by atoms with E-state index in [4.69, 9.17) is 0 Å². The molecule has 0 fully saturated rings. The third-order valence-electron chi connectivity index (χ3n) is 3.11. The summed E-state index contributed by atoms with van der Waals surface area (Å²) >= 11 is 0. The van der Waals surface area contributed by atoms with Crippen LogP contribution in [0.4, 0.5) is 0 Å². The lowest BCUT2D eigenvalue weighted by Gasteiger charge is -2.27. The first kappa shape index (κ1) is 13.5. The van der Waals surface area contributed by atoms with E-state index in [9.17, 15) is 0 Å². The van der Waals surface area contributed by atoms with Gasteiger partial charge in [-0.25, -0.2) is 0 Å². The predicted octanol–water partition coefficient (Wildman–Crippen LogP) is 5.04. The molecule has 0 aliphatic carbocycles. The summed E-state index contributed by atoms with van der Waals surface area (Å²) in [5, 5.41) is 0. The Morgan fingerprint density at radius 1 is 1.00 bits per heavy atom. The highest BCUT2D eigenvalue weighted by Gasteiger charge is 2.22. The molecule has 0 heteroatoms. The minimum atomic E-state index is 0.0497. The van der Waals surface area contributed by atoms with Gasteiger partial charge in [-0.3, -0.25) is 0 Å². The lowest BCUT2D eigenvalue weighted by atomic mass is 9.77. The van der Waals surface area contributed by atoms with Gasteiger partial charge in [0, 0.05) is 5.41 Å². The van der Waals surface area contributed by atoms with E-state index in [1.165, 1.54) is 11.1 Å². The van der Waals surface area contributed by atoms with Crippen LogP contribution >= 0.6 is 0 Å². The summed E-state index contributed by atoms with van der Waals surface area (Å²) < 4.78 is 0. The molecule has 0 aliphatic rings. The van der Waals surface area contributed by atoms with Gasteiger partial charge >= 0.3 is 0 Å². The molecule has 0 aliphatic heterocycles. The van der Waals surface area contributed by atoms with Crippen molar-refractivity contribution in [3.8, 4) is 0 Å². The average Bonchev–Trinajstić information content (AvgIpc) is 2.35. The second kappa shape index (κ2) is 6.24. The highest BCUT2D eigenvalue weighted by atomic mass is 14.3. The summed E-state index contributed by atoms with van der Waals surface area (Å²) in [6, 6.07) is 10.6. The number of hydrogen-bond acceptors (Lipinski definition) is 0. The van der Waals surface area contributed by atoms with Crippen molar-refractivity contribution in [2.45, 2.75) is 33.1 Å². The maximum Gasteiger partial charge on any atom is 0.0143 e. The fourth-order valence-electron chi connectivity index (χ4n) is 1.96. The third-order valence-corrected chi connectivity index (χ3v) is 3.11. The highest BCUT2D eigenvalue weighted by molar-refractivity contribution is 5.40. The monoisotopic (exact) mass is 226 g/mol. The van der Waals surface area contributed by atoms with Crippen LogP contribution in [0.5, 0.6) is 0 Å². The van der Waals surface area contributed by atoms with Crippen LogP contribution in [0, 0.1) is 0 Å². The Morgan fingerprint density at radius 2 is 1.65 bits per heavy atom. The van der Waals surface area contributed by atoms with Crippen LogP contribution in [0.2, 0.25) is 0 Å². The van der Waals surface area contributed by atoms with Gasteiger partial charge in [-0.15, -0.1) is 0 Å². The van der Waals surface area contributed by atoms with E-state index in [2.05, 4.69) is 75.4 Å². The maximum absolute atomic E-state index is 2.26. The van der Waals surface area contributed by atoms with Crippen molar-refractivity contribution >= 4 is 0 Å². The molecule has 0 atom stereocenters. The Hall–Kier alpha value is -1.56. The molecule has 1 aromatic carbocycles. The van der Waals surface area contributed by atoms with Gasteiger partial charge in [0.25, 0.3) is 0 Å². The van der Waals surface area contributed by atoms with Gasteiger partial charge in [-0.05, 0) is 25.0 Å². The van der Waals surface area contributed by atoms with Crippen LogP contribution in [0.25, 0.3) is 0 Å². The van der Waals surface area contributed by atoms with Crippen LogP contribution in [-0.4, -0.2) is 0 Å². The SMILES string of the molecule is C\C=C/C=C\C(=C/C)C(C)(C)c1ccccc1. The number of benzene rings is 1. The second-order valence-corrected chi connectivity index (χ2v) is 4.62. The molecule has 0 saturated heterocycles. The summed E-state index contributed by atoms with van der Waals surface area (Å²) in [5.41, 5.74) is 2.73. The molecule has 0 bridgehead atoms. The fourth-order valence-corrected chi connectivity index (χ4v) is 1.96. The largest absolute Gasteiger partial charge is 0.0877 e. The fraction of sp³-hybridized carbons (Fsp3) is 0.294. The summed E-state index contributed by atoms with van der Waals surface area (Å²) in [7, 11) is 0. The quantitative estimate of drug-likeness (QED) is 0.631.